The average molecular weight is 222 g/mol. The number of carbonyl (C=O) groups excluding carboxylic acids is 1. The molecule has 0 aromatic heterocycles. The maximum Gasteiger partial charge on any atom is 0.327 e. The fourth-order valence-corrected chi connectivity index (χ4v) is 1.89. The molecule has 1 aliphatic rings. The van der Waals surface area contributed by atoms with Gasteiger partial charge in [-0.3, -0.25) is 4.90 Å². The fourth-order valence-electron chi connectivity index (χ4n) is 1.89. The van der Waals surface area contributed by atoms with Gasteiger partial charge in [-0.15, -0.1) is 0 Å². The summed E-state index contributed by atoms with van der Waals surface area (Å²) in [6.07, 6.45) is 11.8. The smallest absolute Gasteiger partial charge is 0.327 e. The topological polar surface area (TPSA) is 23.6 Å². The van der Waals surface area contributed by atoms with E-state index in [9.17, 15) is 4.79 Å². The summed E-state index contributed by atoms with van der Waals surface area (Å²) in [7, 11) is 3.55. The maximum atomic E-state index is 11.9. The summed E-state index contributed by atoms with van der Waals surface area (Å²) in [5.41, 5.74) is 1.39. The Bertz CT molecular complexity index is 284. The fraction of sp³-hybridized carbons (Fsp3) is 0.615. The number of nitrogens with zero attached hydrogens (tertiary/aromatic N) is 2. The minimum Gasteiger partial charge on any atom is -0.330 e. The summed E-state index contributed by atoms with van der Waals surface area (Å²) < 4.78 is 0. The second-order valence-electron chi connectivity index (χ2n) is 4.41. The second-order valence-corrected chi connectivity index (χ2v) is 4.41. The summed E-state index contributed by atoms with van der Waals surface area (Å²) >= 11 is 0. The van der Waals surface area contributed by atoms with Crippen molar-refractivity contribution >= 4 is 6.03 Å². The van der Waals surface area contributed by atoms with Gasteiger partial charge in [0.05, 0.1) is 0 Å². The first-order valence-corrected chi connectivity index (χ1v) is 5.97. The molecule has 1 rings (SSSR count). The molecule has 0 aromatic carbocycles. The molecule has 0 radical (unpaired) electrons. The van der Waals surface area contributed by atoms with E-state index in [0.29, 0.717) is 0 Å². The monoisotopic (exact) mass is 222 g/mol. The van der Waals surface area contributed by atoms with Crippen LogP contribution in [0.25, 0.3) is 0 Å². The quantitative estimate of drug-likeness (QED) is 0.702. The normalized spacial score (nSPS) is 16.3. The number of allylic oxidation sites excluding steroid dienone is 2. The standard InChI is InChI=1S/C13H22N2O/c1-4-10-15(13(16)14(2)3)11-12-8-6-5-7-9-12/h4,10-11H,5-9H2,1-3H3/b10-4+. The molecule has 90 valence electrons. The number of carbonyl (C=O) groups is 1. The molecule has 0 aromatic rings. The van der Waals surface area contributed by atoms with Crippen LogP contribution in [0.15, 0.2) is 24.0 Å². The third kappa shape index (κ3) is 3.72. The summed E-state index contributed by atoms with van der Waals surface area (Å²) in [4.78, 5) is 15.1. The van der Waals surface area contributed by atoms with E-state index in [0.717, 1.165) is 12.8 Å². The van der Waals surface area contributed by atoms with Crippen LogP contribution < -0.4 is 0 Å². The first-order chi connectivity index (χ1) is 7.65. The van der Waals surface area contributed by atoms with Gasteiger partial charge in [-0.05, 0) is 32.6 Å². The van der Waals surface area contributed by atoms with Crippen LogP contribution in [0, 0.1) is 0 Å². The molecule has 3 nitrogen and oxygen atoms in total. The molecule has 0 atom stereocenters. The van der Waals surface area contributed by atoms with E-state index >= 15 is 0 Å². The van der Waals surface area contributed by atoms with E-state index in [2.05, 4.69) is 0 Å². The van der Waals surface area contributed by atoms with Gasteiger partial charge in [0.2, 0.25) is 0 Å². The minimum atomic E-state index is 0.0103. The predicted molar refractivity (Wildman–Crippen MR) is 66.9 cm³/mol. The third-order valence-corrected chi connectivity index (χ3v) is 2.73. The van der Waals surface area contributed by atoms with Crippen molar-refractivity contribution in [2.24, 2.45) is 0 Å². The molecule has 0 N–H and O–H groups in total. The van der Waals surface area contributed by atoms with E-state index in [1.54, 1.807) is 23.9 Å². The maximum absolute atomic E-state index is 11.9. The van der Waals surface area contributed by atoms with Gasteiger partial charge in [0, 0.05) is 26.5 Å². The zero-order valence-corrected chi connectivity index (χ0v) is 10.6. The van der Waals surface area contributed by atoms with Gasteiger partial charge < -0.3 is 4.90 Å². The highest BCUT2D eigenvalue weighted by molar-refractivity contribution is 5.76. The Kier molecular flexibility index (Phi) is 5.09. The second kappa shape index (κ2) is 6.36. The molecular formula is C13H22N2O. The highest BCUT2D eigenvalue weighted by atomic mass is 16.2. The van der Waals surface area contributed by atoms with E-state index in [-0.39, 0.29) is 6.03 Å². The van der Waals surface area contributed by atoms with Crippen molar-refractivity contribution in [2.45, 2.75) is 39.0 Å². The number of rotatable bonds is 2. The van der Waals surface area contributed by atoms with Crippen LogP contribution in [0.5, 0.6) is 0 Å². The Morgan fingerprint density at radius 3 is 2.31 bits per heavy atom. The summed E-state index contributed by atoms with van der Waals surface area (Å²) in [5.74, 6) is 0. The van der Waals surface area contributed by atoms with Crippen molar-refractivity contribution in [3.8, 4) is 0 Å². The molecule has 0 heterocycles. The molecule has 2 amide bonds. The highest BCUT2D eigenvalue weighted by Gasteiger charge is 2.12. The number of urea groups is 1. The number of amides is 2. The van der Waals surface area contributed by atoms with E-state index in [4.69, 9.17) is 0 Å². The molecular weight excluding hydrogens is 200 g/mol. The van der Waals surface area contributed by atoms with Crippen LogP contribution in [-0.4, -0.2) is 29.9 Å². The predicted octanol–water partition coefficient (Wildman–Crippen LogP) is 3.35. The molecule has 1 aliphatic carbocycles. The Hall–Kier alpha value is -1.25. The van der Waals surface area contributed by atoms with Gasteiger partial charge in [0.1, 0.15) is 0 Å². The van der Waals surface area contributed by atoms with Gasteiger partial charge in [-0.2, -0.15) is 0 Å². The molecule has 0 unspecified atom stereocenters. The van der Waals surface area contributed by atoms with Gasteiger partial charge in [-0.25, -0.2) is 4.79 Å². The van der Waals surface area contributed by atoms with Gasteiger partial charge in [0.15, 0.2) is 0 Å². The lowest BCUT2D eigenvalue weighted by Gasteiger charge is -2.22. The van der Waals surface area contributed by atoms with E-state index in [1.807, 2.05) is 25.4 Å². The van der Waals surface area contributed by atoms with Crippen molar-refractivity contribution in [2.75, 3.05) is 14.1 Å². The molecule has 0 bridgehead atoms. The van der Waals surface area contributed by atoms with Gasteiger partial charge in [0.25, 0.3) is 0 Å². The van der Waals surface area contributed by atoms with Crippen LogP contribution in [0.3, 0.4) is 0 Å². The summed E-state index contributed by atoms with van der Waals surface area (Å²) in [6.45, 7) is 1.93. The van der Waals surface area contributed by atoms with E-state index < -0.39 is 0 Å². The van der Waals surface area contributed by atoms with Crippen molar-refractivity contribution < 1.29 is 4.79 Å². The van der Waals surface area contributed by atoms with Crippen molar-refractivity contribution in [1.82, 2.24) is 9.80 Å². The molecule has 1 saturated carbocycles. The Morgan fingerprint density at radius 1 is 1.19 bits per heavy atom. The zero-order chi connectivity index (χ0) is 12.0. The first kappa shape index (κ1) is 12.8. The average Bonchev–Trinajstić information content (AvgIpc) is 2.29. The zero-order valence-electron chi connectivity index (χ0n) is 10.6. The lowest BCUT2D eigenvalue weighted by molar-refractivity contribution is 0.200. The van der Waals surface area contributed by atoms with Crippen LogP contribution >= 0.6 is 0 Å². The largest absolute Gasteiger partial charge is 0.330 e. The molecule has 0 aliphatic heterocycles. The lowest BCUT2D eigenvalue weighted by Crippen LogP contribution is -2.32. The van der Waals surface area contributed by atoms with Crippen molar-refractivity contribution in [3.05, 3.63) is 24.0 Å². The van der Waals surface area contributed by atoms with E-state index in [1.165, 1.54) is 24.8 Å². The number of hydrogen-bond donors (Lipinski definition) is 0. The molecule has 16 heavy (non-hydrogen) atoms. The Balaban J connectivity index is 2.73. The van der Waals surface area contributed by atoms with Crippen LogP contribution in [0.4, 0.5) is 4.79 Å². The summed E-state index contributed by atoms with van der Waals surface area (Å²) in [6, 6.07) is 0.0103. The SMILES string of the molecule is C/C=C/N(C=C1CCCCC1)C(=O)N(C)C. The first-order valence-electron chi connectivity index (χ1n) is 5.97. The Morgan fingerprint density at radius 2 is 1.81 bits per heavy atom. The highest BCUT2D eigenvalue weighted by Crippen LogP contribution is 2.23. The Labute approximate surface area is 98.4 Å². The molecule has 1 fully saturated rings. The summed E-state index contributed by atoms with van der Waals surface area (Å²) in [5, 5.41) is 0. The van der Waals surface area contributed by atoms with Gasteiger partial charge >= 0.3 is 6.03 Å². The van der Waals surface area contributed by atoms with Crippen molar-refractivity contribution in [1.29, 1.82) is 0 Å². The van der Waals surface area contributed by atoms with Crippen LogP contribution in [0.1, 0.15) is 39.0 Å². The van der Waals surface area contributed by atoms with Crippen LogP contribution in [-0.2, 0) is 0 Å². The molecule has 0 saturated heterocycles. The minimum absolute atomic E-state index is 0.0103. The third-order valence-electron chi connectivity index (χ3n) is 2.73. The van der Waals surface area contributed by atoms with Crippen molar-refractivity contribution in [3.63, 3.8) is 0 Å². The van der Waals surface area contributed by atoms with Gasteiger partial charge in [-0.1, -0.05) is 18.1 Å². The molecule has 0 spiro atoms. The number of hydrogen-bond acceptors (Lipinski definition) is 1. The molecule has 3 heteroatoms. The lowest BCUT2D eigenvalue weighted by atomic mass is 9.96. The van der Waals surface area contributed by atoms with Crippen LogP contribution in [0.2, 0.25) is 0 Å².